The number of furan rings is 1. The van der Waals surface area contributed by atoms with Crippen molar-refractivity contribution in [2.45, 2.75) is 39.1 Å². The Labute approximate surface area is 230 Å². The molecule has 2 aromatic carbocycles. The van der Waals surface area contributed by atoms with Gasteiger partial charge >= 0.3 is 5.97 Å². The number of carbonyl (C=O) groups excluding carboxylic acids is 2. The smallest absolute Gasteiger partial charge is 0.340 e. The molecule has 1 aromatic heterocycles. The average molecular weight is 600 g/mol. The van der Waals surface area contributed by atoms with Crippen molar-refractivity contribution in [1.82, 2.24) is 4.72 Å². The zero-order chi connectivity index (χ0) is 27.6. The van der Waals surface area contributed by atoms with Crippen LogP contribution >= 0.6 is 15.9 Å². The first-order valence-corrected chi connectivity index (χ1v) is 14.1. The number of benzene rings is 2. The number of nitrogens with one attached hydrogen (secondary N) is 1. The van der Waals surface area contributed by atoms with Crippen molar-refractivity contribution in [3.63, 3.8) is 0 Å². The lowest BCUT2D eigenvalue weighted by molar-refractivity contribution is -0.138. The second-order valence-corrected chi connectivity index (χ2v) is 11.4. The number of halogens is 1. The number of rotatable bonds is 8. The summed E-state index contributed by atoms with van der Waals surface area (Å²) in [6.45, 7) is 7.40. The van der Waals surface area contributed by atoms with Gasteiger partial charge in [-0.2, -0.15) is 0 Å². The summed E-state index contributed by atoms with van der Waals surface area (Å²) in [4.78, 5) is 28.0. The number of anilines is 1. The molecular formula is C28H27BrN2O6S. The number of amides is 1. The highest BCUT2D eigenvalue weighted by Crippen LogP contribution is 2.36. The highest BCUT2D eigenvalue weighted by molar-refractivity contribution is 9.10. The molecule has 198 valence electrons. The van der Waals surface area contributed by atoms with Crippen molar-refractivity contribution in [3.8, 4) is 0 Å². The largest absolute Gasteiger partial charge is 0.462 e. The Morgan fingerprint density at radius 3 is 2.42 bits per heavy atom. The van der Waals surface area contributed by atoms with Gasteiger partial charge < -0.3 is 9.15 Å². The molecule has 1 aliphatic rings. The predicted octanol–water partition coefficient (Wildman–Crippen LogP) is 5.40. The average Bonchev–Trinajstić information content (AvgIpc) is 3.42. The van der Waals surface area contributed by atoms with Gasteiger partial charge in [0.2, 0.25) is 10.0 Å². The minimum absolute atomic E-state index is 0.0934. The highest BCUT2D eigenvalue weighted by Gasteiger charge is 2.38. The molecule has 38 heavy (non-hydrogen) atoms. The predicted molar refractivity (Wildman–Crippen MR) is 148 cm³/mol. The topological polar surface area (TPSA) is 106 Å². The van der Waals surface area contributed by atoms with Crippen LogP contribution in [0.1, 0.15) is 36.5 Å². The second kappa shape index (κ2) is 11.1. The molecule has 0 aliphatic carbocycles. The van der Waals surface area contributed by atoms with E-state index in [2.05, 4.69) is 20.7 Å². The second-order valence-electron chi connectivity index (χ2n) is 8.73. The molecule has 0 fully saturated rings. The number of sulfonamides is 1. The Balaban J connectivity index is 1.62. The van der Waals surface area contributed by atoms with Gasteiger partial charge in [0.15, 0.2) is 0 Å². The van der Waals surface area contributed by atoms with Crippen LogP contribution in [0.5, 0.6) is 0 Å². The molecule has 4 rings (SSSR count). The molecule has 10 heteroatoms. The summed E-state index contributed by atoms with van der Waals surface area (Å²) in [6.07, 6.45) is 1.48. The number of hydrogen-bond donors (Lipinski definition) is 1. The van der Waals surface area contributed by atoms with E-state index in [9.17, 15) is 18.0 Å². The minimum Gasteiger partial charge on any atom is -0.462 e. The molecule has 0 atom stereocenters. The van der Waals surface area contributed by atoms with Crippen molar-refractivity contribution in [3.05, 3.63) is 98.6 Å². The number of ether oxygens (including phenoxy) is 1. The minimum atomic E-state index is -3.75. The number of nitrogens with zero attached hydrogens (tertiary/aromatic N) is 1. The Morgan fingerprint density at radius 2 is 1.76 bits per heavy atom. The van der Waals surface area contributed by atoms with E-state index >= 15 is 0 Å². The summed E-state index contributed by atoms with van der Waals surface area (Å²) in [6, 6.07) is 15.1. The number of hydrogen-bond acceptors (Lipinski definition) is 6. The molecule has 1 N–H and O–H groups in total. The van der Waals surface area contributed by atoms with Crippen LogP contribution in [0.4, 0.5) is 5.69 Å². The van der Waals surface area contributed by atoms with Gasteiger partial charge in [-0.15, -0.1) is 0 Å². The molecule has 1 aliphatic heterocycles. The normalized spacial score (nSPS) is 15.0. The standard InChI is InChI=1S/C28H27BrN2O6S/c1-5-36-28(33)26-19(4)31(21-9-6-17(2)18(3)14-21)27(32)25(26)15-22-10-11-23(37-22)16-30-38(34,35)24-12-7-20(29)8-13-24/h6-15,30H,5,16H2,1-4H3. The van der Waals surface area contributed by atoms with Gasteiger partial charge in [-0.25, -0.2) is 17.9 Å². The zero-order valence-corrected chi connectivity index (χ0v) is 23.8. The van der Waals surface area contributed by atoms with Crippen LogP contribution in [0.3, 0.4) is 0 Å². The third-order valence-corrected chi connectivity index (χ3v) is 8.10. The molecule has 2 heterocycles. The van der Waals surface area contributed by atoms with Crippen LogP contribution in [0, 0.1) is 13.8 Å². The first-order chi connectivity index (χ1) is 18.0. The summed E-state index contributed by atoms with van der Waals surface area (Å²) in [5.41, 5.74) is 3.49. The molecule has 1 amide bonds. The van der Waals surface area contributed by atoms with Gasteiger partial charge in [0.05, 0.1) is 29.2 Å². The third-order valence-electron chi connectivity index (χ3n) is 6.16. The third kappa shape index (κ3) is 5.67. The molecule has 3 aromatic rings. The van der Waals surface area contributed by atoms with Crippen LogP contribution in [0.25, 0.3) is 6.08 Å². The monoisotopic (exact) mass is 598 g/mol. The molecule has 0 radical (unpaired) electrons. The van der Waals surface area contributed by atoms with Crippen LogP contribution < -0.4 is 9.62 Å². The van der Waals surface area contributed by atoms with Gasteiger partial charge in [0.1, 0.15) is 11.5 Å². The van der Waals surface area contributed by atoms with E-state index < -0.39 is 16.0 Å². The van der Waals surface area contributed by atoms with Gasteiger partial charge in [-0.3, -0.25) is 9.69 Å². The first kappa shape index (κ1) is 27.6. The van der Waals surface area contributed by atoms with Gasteiger partial charge in [-0.05, 0) is 93.4 Å². The van der Waals surface area contributed by atoms with Crippen molar-refractivity contribution in [2.75, 3.05) is 11.5 Å². The molecule has 8 nitrogen and oxygen atoms in total. The van der Waals surface area contributed by atoms with Crippen molar-refractivity contribution < 1.29 is 27.2 Å². The van der Waals surface area contributed by atoms with E-state index in [1.54, 1.807) is 38.1 Å². The van der Waals surface area contributed by atoms with Crippen LogP contribution in [-0.4, -0.2) is 26.9 Å². The quantitative estimate of drug-likeness (QED) is 0.275. The summed E-state index contributed by atoms with van der Waals surface area (Å²) < 4.78 is 39.5. The zero-order valence-electron chi connectivity index (χ0n) is 21.4. The van der Waals surface area contributed by atoms with Gasteiger partial charge in [0.25, 0.3) is 5.91 Å². The van der Waals surface area contributed by atoms with E-state index in [0.29, 0.717) is 22.9 Å². The SMILES string of the molecule is CCOC(=O)C1=C(C)N(c2ccc(C)c(C)c2)C(=O)C1=Cc1ccc(CNS(=O)(=O)c2ccc(Br)cc2)o1. The Morgan fingerprint density at radius 1 is 1.05 bits per heavy atom. The summed E-state index contributed by atoms with van der Waals surface area (Å²) in [5, 5.41) is 0. The molecule has 0 unspecified atom stereocenters. The summed E-state index contributed by atoms with van der Waals surface area (Å²) in [5.74, 6) is -0.359. The summed E-state index contributed by atoms with van der Waals surface area (Å²) in [7, 11) is -3.75. The summed E-state index contributed by atoms with van der Waals surface area (Å²) >= 11 is 3.28. The van der Waals surface area contributed by atoms with E-state index in [1.165, 1.54) is 23.1 Å². The molecular weight excluding hydrogens is 572 g/mol. The lowest BCUT2D eigenvalue weighted by Crippen LogP contribution is -2.24. The van der Waals surface area contributed by atoms with E-state index in [0.717, 1.165) is 15.6 Å². The Hall–Kier alpha value is -3.47. The fourth-order valence-electron chi connectivity index (χ4n) is 4.03. The van der Waals surface area contributed by atoms with Crippen molar-refractivity contribution in [1.29, 1.82) is 0 Å². The molecule has 0 saturated carbocycles. The first-order valence-electron chi connectivity index (χ1n) is 11.9. The fraction of sp³-hybridized carbons (Fsp3) is 0.214. The number of esters is 1. The van der Waals surface area contributed by atoms with E-state index in [4.69, 9.17) is 9.15 Å². The van der Waals surface area contributed by atoms with Gasteiger partial charge in [0, 0.05) is 15.9 Å². The lowest BCUT2D eigenvalue weighted by atomic mass is 10.1. The maximum absolute atomic E-state index is 13.6. The van der Waals surface area contributed by atoms with Crippen molar-refractivity contribution >= 4 is 49.6 Å². The van der Waals surface area contributed by atoms with Crippen LogP contribution in [0.15, 0.2) is 85.2 Å². The Kier molecular flexibility index (Phi) is 8.05. The van der Waals surface area contributed by atoms with E-state index in [1.807, 2.05) is 32.0 Å². The van der Waals surface area contributed by atoms with E-state index in [-0.39, 0.29) is 35.1 Å². The van der Waals surface area contributed by atoms with Crippen LogP contribution in [-0.2, 0) is 30.9 Å². The maximum Gasteiger partial charge on any atom is 0.340 e. The Bertz CT molecular complexity index is 1570. The molecule has 0 saturated heterocycles. The highest BCUT2D eigenvalue weighted by atomic mass is 79.9. The maximum atomic E-state index is 13.6. The number of allylic oxidation sites excluding steroid dienone is 1. The van der Waals surface area contributed by atoms with Crippen LogP contribution in [0.2, 0.25) is 0 Å². The molecule has 0 spiro atoms. The number of aryl methyl sites for hydroxylation is 2. The lowest BCUT2D eigenvalue weighted by Gasteiger charge is -2.19. The molecule has 0 bridgehead atoms. The number of carbonyl (C=O) groups is 2. The fourth-order valence-corrected chi connectivity index (χ4v) is 5.29. The van der Waals surface area contributed by atoms with Gasteiger partial charge in [-0.1, -0.05) is 22.0 Å². The van der Waals surface area contributed by atoms with Crippen molar-refractivity contribution in [2.24, 2.45) is 0 Å².